The van der Waals surface area contributed by atoms with Gasteiger partial charge < -0.3 is 15.1 Å². The number of nitrogens with one attached hydrogen (secondary N) is 1. The molecule has 7 rings (SSSR count). The maximum absolute atomic E-state index is 13.7. The molecule has 1 atom stereocenters. The number of likely N-dealkylation sites (N-methyl/N-ethyl adjacent to an activating group) is 1. The summed E-state index contributed by atoms with van der Waals surface area (Å²) < 4.78 is 3.16. The van der Waals surface area contributed by atoms with Gasteiger partial charge in [-0.3, -0.25) is 4.79 Å². The van der Waals surface area contributed by atoms with Gasteiger partial charge >= 0.3 is 0 Å². The molecule has 0 bridgehead atoms. The normalized spacial score (nSPS) is 15.7. The van der Waals surface area contributed by atoms with Crippen molar-refractivity contribution in [2.75, 3.05) is 37.4 Å². The number of hydrogen-bond donors (Lipinski definition) is 1. The van der Waals surface area contributed by atoms with Crippen LogP contribution in [0.15, 0.2) is 78.0 Å². The molecule has 1 fully saturated rings. The summed E-state index contributed by atoms with van der Waals surface area (Å²) in [5.74, 6) is 0.747. The smallest absolute Gasteiger partial charge is 0.284 e. The molecule has 2 aromatic carbocycles. The zero-order chi connectivity index (χ0) is 26.5. The second-order valence-electron chi connectivity index (χ2n) is 9.89. The maximum atomic E-state index is 13.7. The van der Waals surface area contributed by atoms with E-state index in [0.717, 1.165) is 36.1 Å². The lowest BCUT2D eigenvalue weighted by Crippen LogP contribution is -2.31. The summed E-state index contributed by atoms with van der Waals surface area (Å²) in [4.78, 5) is 40.9. The minimum Gasteiger partial charge on any atom is -0.370 e. The number of para-hydroxylation sites is 1. The van der Waals surface area contributed by atoms with Crippen molar-refractivity contribution in [1.29, 1.82) is 0 Å². The Morgan fingerprint density at radius 2 is 1.72 bits per heavy atom. The zero-order valence-corrected chi connectivity index (χ0v) is 21.6. The van der Waals surface area contributed by atoms with Crippen LogP contribution in [0.1, 0.15) is 6.42 Å². The second-order valence-corrected chi connectivity index (χ2v) is 9.89. The molecule has 0 spiro atoms. The molecule has 1 unspecified atom stereocenters. The van der Waals surface area contributed by atoms with E-state index in [1.54, 1.807) is 23.1 Å². The fraction of sp³-hybridized carbons (Fsp3) is 0.214. The molecule has 194 valence electrons. The Labute approximate surface area is 223 Å². The number of anilines is 3. The predicted molar refractivity (Wildman–Crippen MR) is 151 cm³/mol. The van der Waals surface area contributed by atoms with Crippen LogP contribution in [0.4, 0.5) is 17.3 Å². The van der Waals surface area contributed by atoms with Crippen LogP contribution in [-0.2, 0) is 0 Å². The van der Waals surface area contributed by atoms with Crippen molar-refractivity contribution in [1.82, 2.24) is 39.0 Å². The average molecular weight is 519 g/mol. The zero-order valence-electron chi connectivity index (χ0n) is 21.6. The van der Waals surface area contributed by atoms with Crippen LogP contribution in [0, 0.1) is 0 Å². The molecule has 1 N–H and O–H groups in total. The van der Waals surface area contributed by atoms with Crippen LogP contribution >= 0.6 is 0 Å². The Morgan fingerprint density at radius 1 is 0.923 bits per heavy atom. The molecule has 4 aromatic heterocycles. The first kappa shape index (κ1) is 23.2. The van der Waals surface area contributed by atoms with Crippen molar-refractivity contribution in [2.45, 2.75) is 12.5 Å². The molecule has 6 aromatic rings. The minimum absolute atomic E-state index is 0.295. The van der Waals surface area contributed by atoms with Gasteiger partial charge in [-0.2, -0.15) is 9.50 Å². The molecule has 5 heterocycles. The highest BCUT2D eigenvalue weighted by atomic mass is 16.1. The lowest BCUT2D eigenvalue weighted by Gasteiger charge is -2.22. The van der Waals surface area contributed by atoms with E-state index in [0.29, 0.717) is 34.6 Å². The Kier molecular flexibility index (Phi) is 5.44. The summed E-state index contributed by atoms with van der Waals surface area (Å²) in [6, 6.07) is 18.2. The third-order valence-electron chi connectivity index (χ3n) is 7.30. The van der Waals surface area contributed by atoms with Gasteiger partial charge in [0.25, 0.3) is 5.56 Å². The fourth-order valence-electron chi connectivity index (χ4n) is 5.22. The van der Waals surface area contributed by atoms with Crippen LogP contribution < -0.4 is 15.8 Å². The van der Waals surface area contributed by atoms with Gasteiger partial charge in [-0.25, -0.2) is 24.6 Å². The molecular weight excluding hydrogens is 492 g/mol. The van der Waals surface area contributed by atoms with Crippen LogP contribution in [0.5, 0.6) is 0 Å². The second kappa shape index (κ2) is 9.14. The molecule has 11 nitrogen and oxygen atoms in total. The highest BCUT2D eigenvalue weighted by molar-refractivity contribution is 5.95. The van der Waals surface area contributed by atoms with Crippen molar-refractivity contribution in [2.24, 2.45) is 0 Å². The lowest BCUT2D eigenvalue weighted by molar-refractivity contribution is 0.315. The average Bonchev–Trinajstić information content (AvgIpc) is 3.58. The number of fused-ring (bicyclic) bond motifs is 4. The predicted octanol–water partition coefficient (Wildman–Crippen LogP) is 3.26. The molecule has 0 amide bonds. The number of nitrogens with zero attached hydrogens (tertiary/aromatic N) is 9. The largest absolute Gasteiger partial charge is 0.370 e. The van der Waals surface area contributed by atoms with Crippen LogP contribution in [-0.4, -0.2) is 72.2 Å². The molecule has 1 saturated heterocycles. The van der Waals surface area contributed by atoms with Crippen molar-refractivity contribution < 1.29 is 0 Å². The van der Waals surface area contributed by atoms with Gasteiger partial charge in [0, 0.05) is 54.5 Å². The van der Waals surface area contributed by atoms with Gasteiger partial charge in [0.2, 0.25) is 11.9 Å². The topological polar surface area (TPSA) is 109 Å². The van der Waals surface area contributed by atoms with Crippen LogP contribution in [0.3, 0.4) is 0 Å². The van der Waals surface area contributed by atoms with Crippen LogP contribution in [0.25, 0.3) is 33.5 Å². The van der Waals surface area contributed by atoms with Gasteiger partial charge in [0.05, 0.1) is 5.52 Å². The van der Waals surface area contributed by atoms with Gasteiger partial charge in [0.1, 0.15) is 5.39 Å². The van der Waals surface area contributed by atoms with E-state index < -0.39 is 0 Å². The Bertz CT molecular complexity index is 1880. The Hall–Kier alpha value is -4.90. The molecule has 1 aliphatic heterocycles. The molecule has 1 aliphatic rings. The Morgan fingerprint density at radius 3 is 2.49 bits per heavy atom. The monoisotopic (exact) mass is 518 g/mol. The lowest BCUT2D eigenvalue weighted by atomic mass is 10.2. The first-order chi connectivity index (χ1) is 19.1. The van der Waals surface area contributed by atoms with Crippen molar-refractivity contribution >= 4 is 44.9 Å². The SMILES string of the molecule is CN(C)C1CCN(c2ccc(Nc3ncc4c(=O)n5c(nc4n3)c3ccccc3n5-c3ncccn3)cc2)C1. The maximum Gasteiger partial charge on any atom is 0.284 e. The molecule has 0 radical (unpaired) electrons. The van der Waals surface area contributed by atoms with E-state index in [2.05, 4.69) is 61.3 Å². The standard InChI is InChI=1S/C28H26N10O/c1-35(2)20-12-15-36(17-20)19-10-8-18(9-11-19)32-27-31-16-22-24(34-27)33-25-21-6-3-4-7-23(21)37(38(25)26(22)39)28-29-13-5-14-30-28/h3-11,13-14,16,20H,12,15,17H2,1-2H3,(H,31,32,34). The molecule has 39 heavy (non-hydrogen) atoms. The summed E-state index contributed by atoms with van der Waals surface area (Å²) >= 11 is 0. The number of aromatic nitrogens is 7. The summed E-state index contributed by atoms with van der Waals surface area (Å²) in [7, 11) is 4.27. The fourth-order valence-corrected chi connectivity index (χ4v) is 5.22. The Balaban J connectivity index is 1.25. The number of rotatable bonds is 5. The summed E-state index contributed by atoms with van der Waals surface area (Å²) in [6.07, 6.45) is 5.96. The minimum atomic E-state index is -0.295. The van der Waals surface area contributed by atoms with E-state index >= 15 is 0 Å². The number of benzene rings is 2. The van der Waals surface area contributed by atoms with Gasteiger partial charge in [0.15, 0.2) is 11.3 Å². The van der Waals surface area contributed by atoms with E-state index in [9.17, 15) is 4.79 Å². The van der Waals surface area contributed by atoms with Gasteiger partial charge in [-0.1, -0.05) is 12.1 Å². The third-order valence-corrected chi connectivity index (χ3v) is 7.30. The highest BCUT2D eigenvalue weighted by Gasteiger charge is 2.24. The molecule has 11 heteroatoms. The van der Waals surface area contributed by atoms with Gasteiger partial charge in [-0.05, 0) is 63.0 Å². The van der Waals surface area contributed by atoms with E-state index in [1.165, 1.54) is 16.4 Å². The summed E-state index contributed by atoms with van der Waals surface area (Å²) in [6.45, 7) is 2.07. The summed E-state index contributed by atoms with van der Waals surface area (Å²) in [5, 5.41) is 4.35. The van der Waals surface area contributed by atoms with Crippen molar-refractivity contribution in [3.8, 4) is 5.95 Å². The van der Waals surface area contributed by atoms with E-state index in [-0.39, 0.29) is 5.56 Å². The van der Waals surface area contributed by atoms with Crippen molar-refractivity contribution in [3.63, 3.8) is 0 Å². The summed E-state index contributed by atoms with van der Waals surface area (Å²) in [5.41, 5.74) is 3.32. The third kappa shape index (κ3) is 3.94. The van der Waals surface area contributed by atoms with E-state index in [4.69, 9.17) is 4.98 Å². The highest BCUT2D eigenvalue weighted by Crippen LogP contribution is 2.26. The molecule has 0 saturated carbocycles. The van der Waals surface area contributed by atoms with Gasteiger partial charge in [-0.15, -0.1) is 0 Å². The first-order valence-electron chi connectivity index (χ1n) is 12.8. The molecular formula is C28H26N10O. The quantitative estimate of drug-likeness (QED) is 0.368. The van der Waals surface area contributed by atoms with Crippen LogP contribution in [0.2, 0.25) is 0 Å². The van der Waals surface area contributed by atoms with E-state index in [1.807, 2.05) is 36.4 Å². The first-order valence-corrected chi connectivity index (χ1v) is 12.8. The number of hydrogen-bond acceptors (Lipinski definition) is 9. The molecule has 0 aliphatic carbocycles. The van der Waals surface area contributed by atoms with Crippen molar-refractivity contribution in [3.05, 3.63) is 83.5 Å².